The Balaban J connectivity index is 1.82. The van der Waals surface area contributed by atoms with Crippen molar-refractivity contribution in [2.75, 3.05) is 17.9 Å². The summed E-state index contributed by atoms with van der Waals surface area (Å²) in [4.78, 5) is 11.9. The van der Waals surface area contributed by atoms with Crippen LogP contribution in [0.25, 0.3) is 0 Å². The molecule has 1 amide bonds. The van der Waals surface area contributed by atoms with Gasteiger partial charge in [0.2, 0.25) is 12.7 Å². The third-order valence-electron chi connectivity index (χ3n) is 3.64. The summed E-state index contributed by atoms with van der Waals surface area (Å²) in [5.74, 6) is 2.26. The third kappa shape index (κ3) is 2.12. The van der Waals surface area contributed by atoms with E-state index in [1.165, 1.54) is 11.8 Å². The Bertz CT molecular complexity index is 777. The second kappa shape index (κ2) is 5.10. The number of carbonyl (C=O) groups excluding carboxylic acids is 1. The number of carbonyl (C=O) groups is 1. The van der Waals surface area contributed by atoms with Crippen LogP contribution in [0.2, 0.25) is 5.02 Å². The SMILES string of the molecule is Cn1ncc2c1NC(=O)CS[C@H]2c1cc(Cl)c2c(c1)OCO2. The number of aryl methyl sites for hydroxylation is 1. The topological polar surface area (TPSA) is 65.4 Å². The van der Waals surface area contributed by atoms with E-state index in [1.54, 1.807) is 17.9 Å². The van der Waals surface area contributed by atoms with Crippen molar-refractivity contribution >= 4 is 35.1 Å². The molecule has 1 aromatic heterocycles. The Kier molecular flexibility index (Phi) is 3.19. The Morgan fingerprint density at radius 2 is 2.32 bits per heavy atom. The highest BCUT2D eigenvalue weighted by Crippen LogP contribution is 2.47. The molecule has 2 aliphatic rings. The van der Waals surface area contributed by atoms with Gasteiger partial charge in [-0.3, -0.25) is 9.48 Å². The van der Waals surface area contributed by atoms with Gasteiger partial charge in [-0.25, -0.2) is 0 Å². The first-order valence-electron chi connectivity index (χ1n) is 6.66. The van der Waals surface area contributed by atoms with Gasteiger partial charge < -0.3 is 14.8 Å². The number of halogens is 1. The number of hydrogen-bond acceptors (Lipinski definition) is 5. The minimum absolute atomic E-state index is 0.0378. The molecule has 2 aromatic rings. The van der Waals surface area contributed by atoms with E-state index >= 15 is 0 Å². The molecule has 0 fully saturated rings. The van der Waals surface area contributed by atoms with Gasteiger partial charge in [-0.1, -0.05) is 11.6 Å². The number of ether oxygens (including phenoxy) is 2. The number of amides is 1. The normalized spacial score (nSPS) is 19.5. The monoisotopic (exact) mass is 337 g/mol. The maximum absolute atomic E-state index is 11.9. The van der Waals surface area contributed by atoms with E-state index in [2.05, 4.69) is 10.4 Å². The zero-order chi connectivity index (χ0) is 15.3. The molecule has 0 saturated carbocycles. The number of nitrogens with zero attached hydrogens (tertiary/aromatic N) is 2. The number of nitrogens with one attached hydrogen (secondary N) is 1. The minimum Gasteiger partial charge on any atom is -0.454 e. The fourth-order valence-corrected chi connectivity index (χ4v) is 3.98. The van der Waals surface area contributed by atoms with Gasteiger partial charge in [0, 0.05) is 12.6 Å². The zero-order valence-corrected chi connectivity index (χ0v) is 13.2. The lowest BCUT2D eigenvalue weighted by molar-refractivity contribution is -0.113. The molecule has 3 heterocycles. The summed E-state index contributed by atoms with van der Waals surface area (Å²) in [5, 5.41) is 7.60. The van der Waals surface area contributed by atoms with Crippen LogP contribution in [-0.4, -0.2) is 28.2 Å². The summed E-state index contributed by atoms with van der Waals surface area (Å²) in [6.07, 6.45) is 1.77. The number of thioether (sulfide) groups is 1. The summed E-state index contributed by atoms with van der Waals surface area (Å²) in [6.45, 7) is 0.175. The van der Waals surface area contributed by atoms with Gasteiger partial charge >= 0.3 is 0 Å². The standard InChI is InChI=1S/C14H12ClN3O3S/c1-18-14-8(4-16-18)13(22-5-11(19)17-14)7-2-9(15)12-10(3-7)20-6-21-12/h2-4,13H,5-6H2,1H3,(H,17,19)/t13-/m0/s1. The lowest BCUT2D eigenvalue weighted by atomic mass is 10.1. The molecule has 1 N–H and O–H groups in total. The molecule has 22 heavy (non-hydrogen) atoms. The van der Waals surface area contributed by atoms with Crippen LogP contribution in [0.15, 0.2) is 18.3 Å². The smallest absolute Gasteiger partial charge is 0.235 e. The van der Waals surface area contributed by atoms with E-state index in [4.69, 9.17) is 21.1 Å². The van der Waals surface area contributed by atoms with Gasteiger partial charge in [-0.15, -0.1) is 11.8 Å². The molecule has 0 radical (unpaired) electrons. The van der Waals surface area contributed by atoms with E-state index in [9.17, 15) is 4.79 Å². The van der Waals surface area contributed by atoms with Crippen molar-refractivity contribution in [2.24, 2.45) is 7.05 Å². The van der Waals surface area contributed by atoms with Crippen LogP contribution in [-0.2, 0) is 11.8 Å². The van der Waals surface area contributed by atoms with E-state index < -0.39 is 0 Å². The Labute approximate surface area is 135 Å². The predicted octanol–water partition coefficient (Wildman–Crippen LogP) is 2.58. The molecular weight excluding hydrogens is 326 g/mol. The molecule has 0 saturated heterocycles. The van der Waals surface area contributed by atoms with Gasteiger partial charge in [0.15, 0.2) is 11.5 Å². The molecule has 0 spiro atoms. The molecular formula is C14H12ClN3O3S. The van der Waals surface area contributed by atoms with Crippen molar-refractivity contribution in [3.05, 3.63) is 34.5 Å². The first-order valence-corrected chi connectivity index (χ1v) is 8.08. The molecule has 8 heteroatoms. The van der Waals surface area contributed by atoms with Gasteiger partial charge in [0.1, 0.15) is 5.82 Å². The number of fused-ring (bicyclic) bond motifs is 2. The summed E-state index contributed by atoms with van der Waals surface area (Å²) < 4.78 is 12.4. The van der Waals surface area contributed by atoms with Crippen molar-refractivity contribution in [1.82, 2.24) is 9.78 Å². The van der Waals surface area contributed by atoms with Crippen LogP contribution >= 0.6 is 23.4 Å². The fraction of sp³-hybridized carbons (Fsp3) is 0.286. The summed E-state index contributed by atoms with van der Waals surface area (Å²) >= 11 is 7.81. The van der Waals surface area contributed by atoms with Gasteiger partial charge in [0.25, 0.3) is 0 Å². The molecule has 1 aromatic carbocycles. The van der Waals surface area contributed by atoms with Crippen LogP contribution in [0.5, 0.6) is 11.5 Å². The molecule has 4 rings (SSSR count). The molecule has 0 aliphatic carbocycles. The predicted molar refractivity (Wildman–Crippen MR) is 83.7 cm³/mol. The van der Waals surface area contributed by atoms with Gasteiger partial charge in [-0.2, -0.15) is 5.10 Å². The highest BCUT2D eigenvalue weighted by Gasteiger charge is 2.29. The lowest BCUT2D eigenvalue weighted by Crippen LogP contribution is -2.15. The second-order valence-electron chi connectivity index (χ2n) is 5.05. The average molecular weight is 338 g/mol. The van der Waals surface area contributed by atoms with Crippen LogP contribution in [0.1, 0.15) is 16.4 Å². The molecule has 0 unspecified atom stereocenters. The molecule has 114 valence electrons. The van der Waals surface area contributed by atoms with Crippen molar-refractivity contribution < 1.29 is 14.3 Å². The van der Waals surface area contributed by atoms with Gasteiger partial charge in [0.05, 0.1) is 22.2 Å². The number of aromatic nitrogens is 2. The van der Waals surface area contributed by atoms with E-state index in [-0.39, 0.29) is 18.0 Å². The number of anilines is 1. The quantitative estimate of drug-likeness (QED) is 0.866. The Morgan fingerprint density at radius 3 is 3.18 bits per heavy atom. The summed E-state index contributed by atoms with van der Waals surface area (Å²) in [7, 11) is 1.80. The molecule has 0 bridgehead atoms. The second-order valence-corrected chi connectivity index (χ2v) is 6.55. The highest BCUT2D eigenvalue weighted by molar-refractivity contribution is 8.00. The fourth-order valence-electron chi connectivity index (χ4n) is 2.63. The third-order valence-corrected chi connectivity index (χ3v) is 5.21. The summed E-state index contributed by atoms with van der Waals surface area (Å²) in [5.41, 5.74) is 1.92. The van der Waals surface area contributed by atoms with Crippen molar-refractivity contribution in [1.29, 1.82) is 0 Å². The number of rotatable bonds is 1. The van der Waals surface area contributed by atoms with Crippen molar-refractivity contribution in [3.63, 3.8) is 0 Å². The molecule has 2 aliphatic heterocycles. The molecule has 6 nitrogen and oxygen atoms in total. The van der Waals surface area contributed by atoms with Crippen molar-refractivity contribution in [2.45, 2.75) is 5.25 Å². The van der Waals surface area contributed by atoms with E-state index in [0.29, 0.717) is 28.1 Å². The van der Waals surface area contributed by atoms with Crippen LogP contribution in [0.3, 0.4) is 0 Å². The zero-order valence-electron chi connectivity index (χ0n) is 11.6. The maximum atomic E-state index is 11.9. The average Bonchev–Trinajstić information content (AvgIpc) is 3.05. The van der Waals surface area contributed by atoms with Crippen LogP contribution in [0, 0.1) is 0 Å². The van der Waals surface area contributed by atoms with E-state index in [1.807, 2.05) is 12.1 Å². The van der Waals surface area contributed by atoms with E-state index in [0.717, 1.165) is 11.1 Å². The number of benzene rings is 1. The first-order chi connectivity index (χ1) is 10.6. The Morgan fingerprint density at radius 1 is 1.45 bits per heavy atom. The largest absolute Gasteiger partial charge is 0.454 e. The molecule has 1 atom stereocenters. The highest BCUT2D eigenvalue weighted by atomic mass is 35.5. The lowest BCUT2D eigenvalue weighted by Gasteiger charge is -2.15. The van der Waals surface area contributed by atoms with Gasteiger partial charge in [-0.05, 0) is 17.7 Å². The van der Waals surface area contributed by atoms with Crippen LogP contribution in [0.4, 0.5) is 5.82 Å². The number of hydrogen-bond donors (Lipinski definition) is 1. The minimum atomic E-state index is -0.0466. The van der Waals surface area contributed by atoms with Crippen molar-refractivity contribution in [3.8, 4) is 11.5 Å². The maximum Gasteiger partial charge on any atom is 0.235 e. The first kappa shape index (κ1) is 13.8. The van der Waals surface area contributed by atoms with Crippen LogP contribution < -0.4 is 14.8 Å². The summed E-state index contributed by atoms with van der Waals surface area (Å²) in [6, 6.07) is 3.78. The Hall–Kier alpha value is -1.86.